The van der Waals surface area contributed by atoms with Gasteiger partial charge in [-0.3, -0.25) is 9.59 Å². The van der Waals surface area contributed by atoms with Gasteiger partial charge in [0, 0.05) is 18.3 Å². The number of carbonyl (C=O) groups excluding carboxylic acids is 2. The van der Waals surface area contributed by atoms with Crippen molar-refractivity contribution >= 4 is 27.5 Å². The number of carbonyl (C=O) groups is 2. The standard InChI is InChI=1S/C22H22N2O5S/c1-14-12-15(2)20(16(3)13-14)30(27,28)24(4)22(26)17-7-9-18(10-8-17)23-21(25)19-6-5-11-29-19/h5-13H,1-4H3,(H,23,25). The fourth-order valence-corrected chi connectivity index (χ4v) is 4.83. The number of aryl methyl sites for hydroxylation is 3. The maximum Gasteiger partial charge on any atom is 0.291 e. The van der Waals surface area contributed by atoms with Crippen molar-refractivity contribution in [2.75, 3.05) is 12.4 Å². The molecule has 0 bridgehead atoms. The summed E-state index contributed by atoms with van der Waals surface area (Å²) >= 11 is 0. The molecule has 0 aliphatic rings. The van der Waals surface area contributed by atoms with Gasteiger partial charge in [0.1, 0.15) is 0 Å². The van der Waals surface area contributed by atoms with E-state index in [0.717, 1.165) is 9.87 Å². The van der Waals surface area contributed by atoms with E-state index in [1.165, 1.54) is 43.6 Å². The van der Waals surface area contributed by atoms with Crippen LogP contribution in [0.25, 0.3) is 0 Å². The monoisotopic (exact) mass is 426 g/mol. The molecule has 3 aromatic rings. The molecule has 0 radical (unpaired) electrons. The number of hydrogen-bond acceptors (Lipinski definition) is 5. The lowest BCUT2D eigenvalue weighted by Crippen LogP contribution is -2.34. The summed E-state index contributed by atoms with van der Waals surface area (Å²) in [6.45, 7) is 5.31. The summed E-state index contributed by atoms with van der Waals surface area (Å²) < 4.78 is 31.9. The van der Waals surface area contributed by atoms with Crippen LogP contribution in [0.15, 0.2) is 64.1 Å². The lowest BCUT2D eigenvalue weighted by molar-refractivity contribution is 0.0882. The highest BCUT2D eigenvalue weighted by molar-refractivity contribution is 7.89. The number of hydrogen-bond donors (Lipinski definition) is 1. The van der Waals surface area contributed by atoms with E-state index in [9.17, 15) is 18.0 Å². The molecule has 0 saturated carbocycles. The van der Waals surface area contributed by atoms with E-state index >= 15 is 0 Å². The van der Waals surface area contributed by atoms with Crippen LogP contribution in [-0.2, 0) is 10.0 Å². The molecule has 2 aromatic carbocycles. The molecule has 7 nitrogen and oxygen atoms in total. The molecular weight excluding hydrogens is 404 g/mol. The van der Waals surface area contributed by atoms with E-state index < -0.39 is 21.8 Å². The molecule has 1 aromatic heterocycles. The first-order valence-electron chi connectivity index (χ1n) is 9.17. The van der Waals surface area contributed by atoms with Crippen LogP contribution in [0.4, 0.5) is 5.69 Å². The lowest BCUT2D eigenvalue weighted by Gasteiger charge is -2.21. The Bertz CT molecular complexity index is 1170. The first-order valence-corrected chi connectivity index (χ1v) is 10.6. The van der Waals surface area contributed by atoms with E-state index in [1.54, 1.807) is 32.0 Å². The van der Waals surface area contributed by atoms with E-state index in [0.29, 0.717) is 16.8 Å². The zero-order valence-corrected chi connectivity index (χ0v) is 17.9. The summed E-state index contributed by atoms with van der Waals surface area (Å²) in [5, 5.41) is 2.64. The largest absolute Gasteiger partial charge is 0.459 e. The van der Waals surface area contributed by atoms with Gasteiger partial charge in [-0.2, -0.15) is 0 Å². The second-order valence-electron chi connectivity index (χ2n) is 7.01. The summed E-state index contributed by atoms with van der Waals surface area (Å²) in [6.07, 6.45) is 1.39. The molecule has 3 rings (SSSR count). The van der Waals surface area contributed by atoms with Gasteiger partial charge in [-0.15, -0.1) is 0 Å². The summed E-state index contributed by atoms with van der Waals surface area (Å²) in [7, 11) is -2.78. The molecule has 0 saturated heterocycles. The van der Waals surface area contributed by atoms with Crippen molar-refractivity contribution in [2.45, 2.75) is 25.7 Å². The fraction of sp³-hybridized carbons (Fsp3) is 0.182. The molecule has 0 spiro atoms. The molecule has 0 unspecified atom stereocenters. The van der Waals surface area contributed by atoms with Crippen LogP contribution in [0.2, 0.25) is 0 Å². The Morgan fingerprint density at radius 1 is 0.967 bits per heavy atom. The zero-order valence-electron chi connectivity index (χ0n) is 17.1. The van der Waals surface area contributed by atoms with Crippen LogP contribution in [0.5, 0.6) is 0 Å². The second-order valence-corrected chi connectivity index (χ2v) is 8.92. The molecule has 0 fully saturated rings. The van der Waals surface area contributed by atoms with Gasteiger partial charge in [0.2, 0.25) is 0 Å². The highest BCUT2D eigenvalue weighted by Gasteiger charge is 2.29. The number of anilines is 1. The smallest absolute Gasteiger partial charge is 0.291 e. The zero-order chi connectivity index (χ0) is 22.1. The third kappa shape index (κ3) is 4.13. The third-order valence-electron chi connectivity index (χ3n) is 4.64. The van der Waals surface area contributed by atoms with E-state index in [1.807, 2.05) is 6.92 Å². The van der Waals surface area contributed by atoms with Crippen LogP contribution in [0.3, 0.4) is 0 Å². The minimum absolute atomic E-state index is 0.131. The summed E-state index contributed by atoms with van der Waals surface area (Å²) in [5.74, 6) is -0.938. The van der Waals surface area contributed by atoms with Crippen LogP contribution < -0.4 is 5.32 Å². The predicted molar refractivity (Wildman–Crippen MR) is 113 cm³/mol. The number of benzene rings is 2. The van der Waals surface area contributed by atoms with Gasteiger partial charge in [0.15, 0.2) is 5.76 Å². The van der Waals surface area contributed by atoms with Crippen LogP contribution in [-0.4, -0.2) is 31.6 Å². The van der Waals surface area contributed by atoms with Crippen molar-refractivity contribution < 1.29 is 22.4 Å². The van der Waals surface area contributed by atoms with Crippen LogP contribution >= 0.6 is 0 Å². The molecule has 0 aliphatic carbocycles. The Balaban J connectivity index is 1.81. The second kappa shape index (κ2) is 8.16. The van der Waals surface area contributed by atoms with Crippen molar-refractivity contribution in [1.29, 1.82) is 0 Å². The molecule has 8 heteroatoms. The van der Waals surface area contributed by atoms with Crippen molar-refractivity contribution in [3.05, 3.63) is 82.8 Å². The van der Waals surface area contributed by atoms with Gasteiger partial charge in [0.25, 0.3) is 21.8 Å². The summed E-state index contributed by atoms with van der Waals surface area (Å²) in [5.41, 5.74) is 2.75. The Kier molecular flexibility index (Phi) is 5.80. The summed E-state index contributed by atoms with van der Waals surface area (Å²) in [4.78, 5) is 25.0. The maximum atomic E-state index is 13.1. The number of amides is 2. The Morgan fingerprint density at radius 3 is 2.10 bits per heavy atom. The number of nitrogens with zero attached hydrogens (tertiary/aromatic N) is 1. The molecule has 30 heavy (non-hydrogen) atoms. The minimum Gasteiger partial charge on any atom is -0.459 e. The molecule has 1 N–H and O–H groups in total. The molecule has 2 amide bonds. The molecule has 156 valence electrons. The van der Waals surface area contributed by atoms with E-state index in [4.69, 9.17) is 4.42 Å². The van der Waals surface area contributed by atoms with Crippen LogP contribution in [0, 0.1) is 20.8 Å². The number of furan rings is 1. The van der Waals surface area contributed by atoms with Gasteiger partial charge in [-0.1, -0.05) is 17.7 Å². The summed E-state index contributed by atoms with van der Waals surface area (Å²) in [6, 6.07) is 12.6. The van der Waals surface area contributed by atoms with Gasteiger partial charge in [-0.25, -0.2) is 12.7 Å². The molecule has 0 atom stereocenters. The molecular formula is C22H22N2O5S. The van der Waals surface area contributed by atoms with Crippen molar-refractivity contribution in [1.82, 2.24) is 4.31 Å². The number of rotatable bonds is 5. The Morgan fingerprint density at radius 2 is 1.57 bits per heavy atom. The quantitative estimate of drug-likeness (QED) is 0.667. The molecule has 1 heterocycles. The van der Waals surface area contributed by atoms with Crippen molar-refractivity contribution in [3.63, 3.8) is 0 Å². The highest BCUT2D eigenvalue weighted by atomic mass is 32.2. The van der Waals surface area contributed by atoms with Gasteiger partial charge in [-0.05, 0) is 68.3 Å². The average molecular weight is 426 g/mol. The van der Waals surface area contributed by atoms with Gasteiger partial charge < -0.3 is 9.73 Å². The molecule has 0 aliphatic heterocycles. The third-order valence-corrected chi connectivity index (χ3v) is 6.69. The normalized spacial score (nSPS) is 11.2. The topological polar surface area (TPSA) is 96.7 Å². The predicted octanol–water partition coefficient (Wildman–Crippen LogP) is 3.92. The average Bonchev–Trinajstić information content (AvgIpc) is 3.21. The van der Waals surface area contributed by atoms with E-state index in [-0.39, 0.29) is 16.2 Å². The van der Waals surface area contributed by atoms with Gasteiger partial charge in [0.05, 0.1) is 11.2 Å². The van der Waals surface area contributed by atoms with Crippen molar-refractivity contribution in [3.8, 4) is 0 Å². The first-order chi connectivity index (χ1) is 14.1. The highest BCUT2D eigenvalue weighted by Crippen LogP contribution is 2.26. The Labute approximate surface area is 175 Å². The fourth-order valence-electron chi connectivity index (χ4n) is 3.30. The number of sulfonamides is 1. The van der Waals surface area contributed by atoms with Crippen molar-refractivity contribution in [2.24, 2.45) is 0 Å². The van der Waals surface area contributed by atoms with E-state index in [2.05, 4.69) is 5.32 Å². The Hall–Kier alpha value is -3.39. The van der Waals surface area contributed by atoms with Gasteiger partial charge >= 0.3 is 0 Å². The lowest BCUT2D eigenvalue weighted by atomic mass is 10.1. The van der Waals surface area contributed by atoms with Crippen LogP contribution in [0.1, 0.15) is 37.6 Å². The first kappa shape index (κ1) is 21.3. The number of nitrogens with one attached hydrogen (secondary N) is 1. The SMILES string of the molecule is Cc1cc(C)c(S(=O)(=O)N(C)C(=O)c2ccc(NC(=O)c3ccco3)cc2)c(C)c1. The maximum absolute atomic E-state index is 13.1. The minimum atomic E-state index is -4.02.